The van der Waals surface area contributed by atoms with E-state index in [1.807, 2.05) is 24.3 Å². The number of nitrogens with zero attached hydrogens (tertiary/aromatic N) is 1. The second kappa shape index (κ2) is 7.27. The number of amides is 2. The number of anilines is 1. The van der Waals surface area contributed by atoms with Gasteiger partial charge in [-0.2, -0.15) is 5.10 Å². The lowest BCUT2D eigenvalue weighted by atomic mass is 10.0. The summed E-state index contributed by atoms with van der Waals surface area (Å²) >= 11 is 0. The highest BCUT2D eigenvalue weighted by Crippen LogP contribution is 2.25. The summed E-state index contributed by atoms with van der Waals surface area (Å²) in [5, 5.41) is 17.9. The standard InChI is InChI=1S/C19H15N3O3/c23-17-11-10-13-6-4-5-9-15(13)16(17)12-20-22-19(25)18(24)21-14-7-2-1-3-8-14/h1-12,23H,(H,21,24)(H,22,25)/b20-12-. The molecular formula is C19H15N3O3. The van der Waals surface area contributed by atoms with Crippen molar-refractivity contribution in [3.05, 3.63) is 72.3 Å². The maximum absolute atomic E-state index is 11.8. The van der Waals surface area contributed by atoms with Crippen LogP contribution >= 0.6 is 0 Å². The van der Waals surface area contributed by atoms with Crippen LogP contribution in [0.4, 0.5) is 5.69 Å². The number of nitrogens with one attached hydrogen (secondary N) is 2. The molecule has 3 aromatic rings. The van der Waals surface area contributed by atoms with Gasteiger partial charge in [-0.25, -0.2) is 5.43 Å². The number of rotatable bonds is 3. The van der Waals surface area contributed by atoms with Crippen molar-refractivity contribution in [2.75, 3.05) is 5.32 Å². The van der Waals surface area contributed by atoms with Gasteiger partial charge in [-0.1, -0.05) is 48.5 Å². The fourth-order valence-corrected chi connectivity index (χ4v) is 2.34. The maximum atomic E-state index is 11.8. The van der Waals surface area contributed by atoms with Crippen LogP contribution in [0.25, 0.3) is 10.8 Å². The quantitative estimate of drug-likeness (QED) is 0.391. The average Bonchev–Trinajstić information content (AvgIpc) is 2.64. The van der Waals surface area contributed by atoms with Gasteiger partial charge in [-0.05, 0) is 29.0 Å². The Labute approximate surface area is 143 Å². The van der Waals surface area contributed by atoms with Crippen molar-refractivity contribution in [2.24, 2.45) is 5.10 Å². The van der Waals surface area contributed by atoms with Crippen molar-refractivity contribution < 1.29 is 14.7 Å². The molecule has 3 rings (SSSR count). The minimum absolute atomic E-state index is 0.0328. The molecule has 6 heteroatoms. The first kappa shape index (κ1) is 16.2. The first-order valence-electron chi connectivity index (χ1n) is 7.55. The number of hydrogen-bond acceptors (Lipinski definition) is 4. The van der Waals surface area contributed by atoms with Crippen LogP contribution < -0.4 is 10.7 Å². The fraction of sp³-hybridized carbons (Fsp3) is 0. The van der Waals surface area contributed by atoms with Gasteiger partial charge >= 0.3 is 11.8 Å². The van der Waals surface area contributed by atoms with Gasteiger partial charge in [-0.15, -0.1) is 0 Å². The molecule has 0 bridgehead atoms. The Morgan fingerprint density at radius 1 is 0.880 bits per heavy atom. The molecule has 0 unspecified atom stereocenters. The predicted molar refractivity (Wildman–Crippen MR) is 96.4 cm³/mol. The topological polar surface area (TPSA) is 90.8 Å². The molecule has 0 saturated heterocycles. The zero-order valence-corrected chi connectivity index (χ0v) is 13.1. The molecule has 0 aliphatic rings. The van der Waals surface area contributed by atoms with Gasteiger partial charge in [0.25, 0.3) is 0 Å². The summed E-state index contributed by atoms with van der Waals surface area (Å²) in [6.45, 7) is 0. The highest BCUT2D eigenvalue weighted by Gasteiger charge is 2.12. The van der Waals surface area contributed by atoms with Crippen molar-refractivity contribution in [1.29, 1.82) is 0 Å². The summed E-state index contributed by atoms with van der Waals surface area (Å²) in [5.41, 5.74) is 3.12. The van der Waals surface area contributed by atoms with E-state index in [2.05, 4.69) is 15.8 Å². The van der Waals surface area contributed by atoms with Crippen molar-refractivity contribution in [2.45, 2.75) is 0 Å². The molecule has 0 aromatic heterocycles. The van der Waals surface area contributed by atoms with Crippen molar-refractivity contribution in [3.63, 3.8) is 0 Å². The molecule has 25 heavy (non-hydrogen) atoms. The number of aromatic hydroxyl groups is 1. The Balaban J connectivity index is 1.70. The van der Waals surface area contributed by atoms with Crippen LogP contribution in [0.1, 0.15) is 5.56 Å². The Morgan fingerprint density at radius 2 is 1.60 bits per heavy atom. The van der Waals surface area contributed by atoms with Crippen molar-refractivity contribution in [3.8, 4) is 5.75 Å². The predicted octanol–water partition coefficient (Wildman–Crippen LogP) is 2.63. The SMILES string of the molecule is O=C(N/N=C\c1c(O)ccc2ccccc12)C(=O)Nc1ccccc1. The van der Waals surface area contributed by atoms with Crippen LogP contribution in [0, 0.1) is 0 Å². The molecule has 0 heterocycles. The lowest BCUT2D eigenvalue weighted by Crippen LogP contribution is -2.32. The molecule has 124 valence electrons. The number of phenolic OH excluding ortho intramolecular Hbond substituents is 1. The van der Waals surface area contributed by atoms with Gasteiger partial charge in [-0.3, -0.25) is 9.59 Å². The number of para-hydroxylation sites is 1. The van der Waals surface area contributed by atoms with E-state index in [1.54, 1.807) is 42.5 Å². The van der Waals surface area contributed by atoms with Gasteiger partial charge in [0.05, 0.1) is 6.21 Å². The summed E-state index contributed by atoms with van der Waals surface area (Å²) < 4.78 is 0. The third-order valence-electron chi connectivity index (χ3n) is 3.55. The highest BCUT2D eigenvalue weighted by atomic mass is 16.3. The van der Waals surface area contributed by atoms with Crippen LogP contribution in [0.3, 0.4) is 0 Å². The summed E-state index contributed by atoms with van der Waals surface area (Å²) in [6.07, 6.45) is 1.31. The van der Waals surface area contributed by atoms with Gasteiger partial charge in [0.2, 0.25) is 0 Å². The Bertz CT molecular complexity index is 953. The minimum atomic E-state index is -0.903. The normalized spacial score (nSPS) is 10.7. The first-order chi connectivity index (χ1) is 12.1. The number of fused-ring (bicyclic) bond motifs is 1. The van der Waals surface area contributed by atoms with E-state index in [0.717, 1.165) is 10.8 Å². The molecule has 0 aliphatic heterocycles. The van der Waals surface area contributed by atoms with Gasteiger partial charge in [0, 0.05) is 11.3 Å². The Hall–Kier alpha value is -3.67. The van der Waals surface area contributed by atoms with Gasteiger partial charge in [0.15, 0.2) is 0 Å². The lowest BCUT2D eigenvalue weighted by molar-refractivity contribution is -0.136. The minimum Gasteiger partial charge on any atom is -0.507 e. The summed E-state index contributed by atoms with van der Waals surface area (Å²) in [6, 6.07) is 19.4. The van der Waals surface area contributed by atoms with E-state index in [-0.39, 0.29) is 5.75 Å². The number of hydrazone groups is 1. The third-order valence-corrected chi connectivity index (χ3v) is 3.55. The smallest absolute Gasteiger partial charge is 0.329 e. The number of hydrogen-bond donors (Lipinski definition) is 3. The van der Waals surface area contributed by atoms with Gasteiger partial charge < -0.3 is 10.4 Å². The highest BCUT2D eigenvalue weighted by molar-refractivity contribution is 6.39. The van der Waals surface area contributed by atoms with Crippen LogP contribution in [0.15, 0.2) is 71.8 Å². The molecule has 3 aromatic carbocycles. The van der Waals surface area contributed by atoms with E-state index < -0.39 is 11.8 Å². The number of phenols is 1. The van der Waals surface area contributed by atoms with E-state index in [9.17, 15) is 14.7 Å². The number of benzene rings is 3. The zero-order valence-electron chi connectivity index (χ0n) is 13.1. The largest absolute Gasteiger partial charge is 0.507 e. The number of carbonyl (C=O) groups excluding carboxylic acids is 2. The monoisotopic (exact) mass is 333 g/mol. The molecule has 3 N–H and O–H groups in total. The fourth-order valence-electron chi connectivity index (χ4n) is 2.34. The molecule has 0 fully saturated rings. The van der Waals surface area contributed by atoms with Gasteiger partial charge in [0.1, 0.15) is 5.75 Å². The third kappa shape index (κ3) is 3.81. The summed E-state index contributed by atoms with van der Waals surface area (Å²) in [7, 11) is 0. The second-order valence-corrected chi connectivity index (χ2v) is 5.24. The van der Waals surface area contributed by atoms with Crippen LogP contribution in [-0.2, 0) is 9.59 Å². The maximum Gasteiger partial charge on any atom is 0.329 e. The summed E-state index contributed by atoms with van der Waals surface area (Å²) in [4.78, 5) is 23.6. The van der Waals surface area contributed by atoms with E-state index in [0.29, 0.717) is 11.3 Å². The lowest BCUT2D eigenvalue weighted by Gasteiger charge is -2.05. The number of carbonyl (C=O) groups is 2. The van der Waals surface area contributed by atoms with Crippen molar-refractivity contribution >= 4 is 34.5 Å². The van der Waals surface area contributed by atoms with E-state index >= 15 is 0 Å². The van der Waals surface area contributed by atoms with Crippen LogP contribution in [0.5, 0.6) is 5.75 Å². The van der Waals surface area contributed by atoms with Crippen LogP contribution in [0.2, 0.25) is 0 Å². The first-order valence-corrected chi connectivity index (χ1v) is 7.55. The van der Waals surface area contributed by atoms with Crippen molar-refractivity contribution in [1.82, 2.24) is 5.43 Å². The molecule has 0 spiro atoms. The van der Waals surface area contributed by atoms with E-state index in [4.69, 9.17) is 0 Å². The molecule has 0 atom stereocenters. The van der Waals surface area contributed by atoms with E-state index in [1.165, 1.54) is 6.21 Å². The molecule has 6 nitrogen and oxygen atoms in total. The molecule has 0 radical (unpaired) electrons. The Morgan fingerprint density at radius 3 is 2.40 bits per heavy atom. The second-order valence-electron chi connectivity index (χ2n) is 5.24. The van der Waals surface area contributed by atoms with Crippen LogP contribution in [-0.4, -0.2) is 23.1 Å². The molecule has 0 aliphatic carbocycles. The Kier molecular flexibility index (Phi) is 4.71. The summed E-state index contributed by atoms with van der Waals surface area (Å²) in [5.74, 6) is -1.70. The average molecular weight is 333 g/mol. The zero-order chi connectivity index (χ0) is 17.6. The molecule has 0 saturated carbocycles. The molecular weight excluding hydrogens is 318 g/mol. The molecule has 2 amide bonds.